The molecule has 0 aromatic heterocycles. The summed E-state index contributed by atoms with van der Waals surface area (Å²) in [6.45, 7) is 6.47. The second-order valence-electron chi connectivity index (χ2n) is 4.41. The standard InChI is InChI=1S/C15H26O7/c1-2-7-19-8-9-20-10-11-21-12-13-22-15(18)6-4-3-5-14(16)17/h2H,1,3-13H2,(H,16,17). The largest absolute Gasteiger partial charge is 0.481 e. The molecule has 0 unspecified atom stereocenters. The lowest BCUT2D eigenvalue weighted by atomic mass is 10.2. The molecule has 7 nitrogen and oxygen atoms in total. The third-order valence-electron chi connectivity index (χ3n) is 2.49. The van der Waals surface area contributed by atoms with Gasteiger partial charge in [-0.1, -0.05) is 6.08 Å². The summed E-state index contributed by atoms with van der Waals surface area (Å²) in [5.41, 5.74) is 0. The average Bonchev–Trinajstić information content (AvgIpc) is 2.49. The van der Waals surface area contributed by atoms with Gasteiger partial charge in [0.2, 0.25) is 0 Å². The fraction of sp³-hybridized carbons (Fsp3) is 0.733. The minimum atomic E-state index is -0.851. The van der Waals surface area contributed by atoms with Gasteiger partial charge < -0.3 is 24.1 Å². The Hall–Kier alpha value is -1.44. The van der Waals surface area contributed by atoms with Gasteiger partial charge in [0.15, 0.2) is 0 Å². The molecule has 0 saturated carbocycles. The Balaban J connectivity index is 3.16. The molecule has 0 radical (unpaired) electrons. The van der Waals surface area contributed by atoms with Crippen molar-refractivity contribution in [2.24, 2.45) is 0 Å². The molecule has 128 valence electrons. The monoisotopic (exact) mass is 318 g/mol. The number of carboxylic acid groups (broad SMARTS) is 1. The van der Waals surface area contributed by atoms with E-state index in [0.717, 1.165) is 0 Å². The van der Waals surface area contributed by atoms with E-state index in [0.29, 0.717) is 52.5 Å². The summed E-state index contributed by atoms with van der Waals surface area (Å²) < 4.78 is 20.6. The van der Waals surface area contributed by atoms with Crippen molar-refractivity contribution in [1.29, 1.82) is 0 Å². The molecule has 0 spiro atoms. The highest BCUT2D eigenvalue weighted by molar-refractivity contribution is 5.69. The van der Waals surface area contributed by atoms with Crippen molar-refractivity contribution < 1.29 is 33.6 Å². The maximum atomic E-state index is 11.3. The van der Waals surface area contributed by atoms with Crippen LogP contribution in [0, 0.1) is 0 Å². The van der Waals surface area contributed by atoms with Crippen LogP contribution in [0.4, 0.5) is 0 Å². The molecule has 0 atom stereocenters. The van der Waals surface area contributed by atoms with E-state index in [4.69, 9.17) is 24.1 Å². The fourth-order valence-corrected chi connectivity index (χ4v) is 1.44. The van der Waals surface area contributed by atoms with Crippen molar-refractivity contribution in [3.05, 3.63) is 12.7 Å². The van der Waals surface area contributed by atoms with Crippen LogP contribution in [-0.4, -0.2) is 63.3 Å². The van der Waals surface area contributed by atoms with Crippen LogP contribution in [-0.2, 0) is 28.5 Å². The summed E-state index contributed by atoms with van der Waals surface area (Å²) in [4.78, 5) is 21.6. The van der Waals surface area contributed by atoms with Gasteiger partial charge in [0.1, 0.15) is 6.61 Å². The molecule has 22 heavy (non-hydrogen) atoms. The van der Waals surface area contributed by atoms with Gasteiger partial charge in [0.05, 0.1) is 39.6 Å². The van der Waals surface area contributed by atoms with Crippen molar-refractivity contribution in [3.8, 4) is 0 Å². The summed E-state index contributed by atoms with van der Waals surface area (Å²) in [6, 6.07) is 0. The zero-order valence-corrected chi connectivity index (χ0v) is 13.0. The molecule has 0 aromatic rings. The van der Waals surface area contributed by atoms with Gasteiger partial charge in [-0.25, -0.2) is 0 Å². The molecular weight excluding hydrogens is 292 g/mol. The van der Waals surface area contributed by atoms with Crippen LogP contribution in [0.15, 0.2) is 12.7 Å². The average molecular weight is 318 g/mol. The van der Waals surface area contributed by atoms with Crippen LogP contribution in [0.25, 0.3) is 0 Å². The van der Waals surface area contributed by atoms with Gasteiger partial charge in [-0.15, -0.1) is 6.58 Å². The Bertz CT molecular complexity index is 304. The lowest BCUT2D eigenvalue weighted by Gasteiger charge is -2.07. The Labute approximate surface area is 131 Å². The van der Waals surface area contributed by atoms with Gasteiger partial charge in [0, 0.05) is 12.8 Å². The number of carboxylic acids is 1. The Kier molecular flexibility index (Phi) is 14.9. The maximum Gasteiger partial charge on any atom is 0.305 e. The number of aliphatic carboxylic acids is 1. The first kappa shape index (κ1) is 20.6. The van der Waals surface area contributed by atoms with Crippen molar-refractivity contribution in [2.75, 3.05) is 46.2 Å². The van der Waals surface area contributed by atoms with Crippen LogP contribution >= 0.6 is 0 Å². The van der Waals surface area contributed by atoms with Gasteiger partial charge in [-0.05, 0) is 12.8 Å². The quantitative estimate of drug-likeness (QED) is 0.261. The van der Waals surface area contributed by atoms with Crippen LogP contribution in [0.1, 0.15) is 25.7 Å². The van der Waals surface area contributed by atoms with Gasteiger partial charge in [-0.2, -0.15) is 0 Å². The lowest BCUT2D eigenvalue weighted by Crippen LogP contribution is -2.14. The van der Waals surface area contributed by atoms with E-state index in [1.165, 1.54) is 0 Å². The number of carbonyl (C=O) groups excluding carboxylic acids is 1. The number of hydrogen-bond donors (Lipinski definition) is 1. The predicted octanol–water partition coefficient (Wildman–Crippen LogP) is 1.41. The number of unbranched alkanes of at least 4 members (excludes halogenated alkanes) is 1. The van der Waals surface area contributed by atoms with Crippen LogP contribution in [0.2, 0.25) is 0 Å². The third kappa shape index (κ3) is 16.6. The Morgan fingerprint density at radius 3 is 2.00 bits per heavy atom. The second-order valence-corrected chi connectivity index (χ2v) is 4.41. The first-order valence-electron chi connectivity index (χ1n) is 7.38. The second kappa shape index (κ2) is 15.9. The number of hydrogen-bond acceptors (Lipinski definition) is 6. The smallest absolute Gasteiger partial charge is 0.305 e. The molecular formula is C15H26O7. The zero-order chi connectivity index (χ0) is 16.5. The van der Waals surface area contributed by atoms with Crippen molar-refractivity contribution in [1.82, 2.24) is 0 Å². The first-order valence-corrected chi connectivity index (χ1v) is 7.38. The van der Waals surface area contributed by atoms with Gasteiger partial charge in [0.25, 0.3) is 0 Å². The summed E-state index contributed by atoms with van der Waals surface area (Å²) in [5, 5.41) is 8.44. The highest BCUT2D eigenvalue weighted by Crippen LogP contribution is 2.01. The maximum absolute atomic E-state index is 11.3. The van der Waals surface area contributed by atoms with E-state index >= 15 is 0 Å². The van der Waals surface area contributed by atoms with Gasteiger partial charge >= 0.3 is 11.9 Å². The van der Waals surface area contributed by atoms with Crippen LogP contribution in [0.3, 0.4) is 0 Å². The summed E-state index contributed by atoms with van der Waals surface area (Å²) >= 11 is 0. The molecule has 0 saturated heterocycles. The SMILES string of the molecule is C=CCOCCOCCOCCOC(=O)CCCCC(=O)O. The summed E-state index contributed by atoms with van der Waals surface area (Å²) in [7, 11) is 0. The van der Waals surface area contributed by atoms with Crippen molar-refractivity contribution in [2.45, 2.75) is 25.7 Å². The topological polar surface area (TPSA) is 91.3 Å². The van der Waals surface area contributed by atoms with E-state index in [1.54, 1.807) is 6.08 Å². The molecule has 0 aliphatic heterocycles. The van der Waals surface area contributed by atoms with Crippen LogP contribution < -0.4 is 0 Å². The minimum absolute atomic E-state index is 0.0784. The molecule has 0 heterocycles. The fourth-order valence-electron chi connectivity index (χ4n) is 1.44. The molecule has 0 amide bonds. The van der Waals surface area contributed by atoms with E-state index < -0.39 is 5.97 Å². The molecule has 7 heteroatoms. The molecule has 0 rings (SSSR count). The molecule has 0 aromatic carbocycles. The van der Waals surface area contributed by atoms with Gasteiger partial charge in [-0.3, -0.25) is 9.59 Å². The Morgan fingerprint density at radius 1 is 0.864 bits per heavy atom. The number of rotatable bonds is 16. The third-order valence-corrected chi connectivity index (χ3v) is 2.49. The number of ether oxygens (including phenoxy) is 4. The molecule has 0 fully saturated rings. The molecule has 0 bridgehead atoms. The normalized spacial score (nSPS) is 10.4. The number of carbonyl (C=O) groups is 2. The van der Waals surface area contributed by atoms with E-state index in [2.05, 4.69) is 6.58 Å². The predicted molar refractivity (Wildman–Crippen MR) is 79.7 cm³/mol. The zero-order valence-electron chi connectivity index (χ0n) is 13.0. The lowest BCUT2D eigenvalue weighted by molar-refractivity contribution is -0.146. The van der Waals surface area contributed by atoms with E-state index in [-0.39, 0.29) is 25.4 Å². The van der Waals surface area contributed by atoms with Crippen LogP contribution in [0.5, 0.6) is 0 Å². The highest BCUT2D eigenvalue weighted by Gasteiger charge is 2.04. The summed E-state index contributed by atoms with van der Waals surface area (Å²) in [6.07, 6.45) is 3.00. The van der Waals surface area contributed by atoms with Crippen molar-refractivity contribution >= 4 is 11.9 Å². The molecule has 0 aliphatic carbocycles. The Morgan fingerprint density at radius 2 is 1.41 bits per heavy atom. The van der Waals surface area contributed by atoms with Crippen molar-refractivity contribution in [3.63, 3.8) is 0 Å². The van der Waals surface area contributed by atoms with E-state index in [1.807, 2.05) is 0 Å². The first-order chi connectivity index (χ1) is 10.7. The number of esters is 1. The molecule has 0 aliphatic rings. The summed E-state index contributed by atoms with van der Waals surface area (Å²) in [5.74, 6) is -1.18. The molecule has 1 N–H and O–H groups in total. The van der Waals surface area contributed by atoms with E-state index in [9.17, 15) is 9.59 Å². The minimum Gasteiger partial charge on any atom is -0.481 e. The highest BCUT2D eigenvalue weighted by atomic mass is 16.6.